The molecular formula is C14H11N3O4. The molecule has 7 nitrogen and oxygen atoms in total. The van der Waals surface area contributed by atoms with Crippen LogP contribution in [0.25, 0.3) is 0 Å². The van der Waals surface area contributed by atoms with Gasteiger partial charge in [-0.05, 0) is 24.3 Å². The minimum absolute atomic E-state index is 0.117. The van der Waals surface area contributed by atoms with Crippen LogP contribution in [0.2, 0.25) is 0 Å². The van der Waals surface area contributed by atoms with Crippen molar-refractivity contribution in [1.29, 1.82) is 0 Å². The number of carbonyl (C=O) groups is 3. The number of hydrogen-bond donors (Lipinski definition) is 2. The Hall–Kier alpha value is -3.09. The number of hydrogen-bond acceptors (Lipinski definition) is 3. The second-order valence-electron chi connectivity index (χ2n) is 4.50. The summed E-state index contributed by atoms with van der Waals surface area (Å²) < 4.78 is 0. The van der Waals surface area contributed by atoms with Crippen molar-refractivity contribution >= 4 is 17.9 Å². The van der Waals surface area contributed by atoms with Gasteiger partial charge in [0.2, 0.25) is 0 Å². The van der Waals surface area contributed by atoms with Crippen LogP contribution in [-0.2, 0) is 6.54 Å². The van der Waals surface area contributed by atoms with Crippen LogP contribution in [0, 0.1) is 0 Å². The molecule has 2 N–H and O–H groups in total. The fourth-order valence-electron chi connectivity index (χ4n) is 2.25. The van der Waals surface area contributed by atoms with Gasteiger partial charge < -0.3 is 10.1 Å². The molecule has 0 aliphatic carbocycles. The Morgan fingerprint density at radius 3 is 2.19 bits per heavy atom. The van der Waals surface area contributed by atoms with Crippen LogP contribution in [0.1, 0.15) is 26.4 Å². The van der Waals surface area contributed by atoms with Crippen molar-refractivity contribution in [1.82, 2.24) is 15.0 Å². The maximum Gasteiger partial charge on any atom is 0.427 e. The van der Waals surface area contributed by atoms with Gasteiger partial charge in [-0.15, -0.1) is 0 Å². The quantitative estimate of drug-likeness (QED) is 0.839. The second-order valence-corrected chi connectivity index (χ2v) is 4.50. The summed E-state index contributed by atoms with van der Waals surface area (Å²) in [6, 6.07) is 9.65. The van der Waals surface area contributed by atoms with Gasteiger partial charge in [-0.2, -0.15) is 5.01 Å². The van der Waals surface area contributed by atoms with E-state index in [-0.39, 0.29) is 17.7 Å². The number of H-pyrrole nitrogens is 1. The number of amides is 3. The van der Waals surface area contributed by atoms with Gasteiger partial charge in [0.25, 0.3) is 11.8 Å². The molecule has 0 radical (unpaired) electrons. The zero-order valence-electron chi connectivity index (χ0n) is 10.8. The van der Waals surface area contributed by atoms with Crippen molar-refractivity contribution in [3.8, 4) is 0 Å². The van der Waals surface area contributed by atoms with Gasteiger partial charge >= 0.3 is 6.09 Å². The third-order valence-corrected chi connectivity index (χ3v) is 3.22. The first-order valence-corrected chi connectivity index (χ1v) is 6.20. The number of imide groups is 1. The molecule has 2 aromatic rings. The normalized spacial score (nSPS) is 13.4. The maximum atomic E-state index is 12.3. The summed E-state index contributed by atoms with van der Waals surface area (Å²) in [6.45, 7) is -0.117. The average molecular weight is 285 g/mol. The summed E-state index contributed by atoms with van der Waals surface area (Å²) in [5.41, 5.74) is 0.995. The number of carboxylic acid groups (broad SMARTS) is 1. The Labute approximate surface area is 119 Å². The number of nitrogens with zero attached hydrogens (tertiary/aromatic N) is 2. The lowest BCUT2D eigenvalue weighted by Gasteiger charge is -2.26. The van der Waals surface area contributed by atoms with Crippen molar-refractivity contribution in [2.75, 3.05) is 0 Å². The molecule has 1 aliphatic rings. The summed E-state index contributed by atoms with van der Waals surface area (Å²) >= 11 is 0. The van der Waals surface area contributed by atoms with E-state index in [0.717, 1.165) is 0 Å². The first-order chi connectivity index (χ1) is 10.1. The van der Waals surface area contributed by atoms with Crippen LogP contribution in [-0.4, -0.2) is 38.0 Å². The van der Waals surface area contributed by atoms with Crippen LogP contribution in [0.4, 0.5) is 4.79 Å². The molecule has 0 saturated heterocycles. The van der Waals surface area contributed by atoms with E-state index in [1.807, 2.05) is 0 Å². The highest BCUT2D eigenvalue weighted by molar-refractivity contribution is 6.21. The molecule has 106 valence electrons. The lowest BCUT2D eigenvalue weighted by Crippen LogP contribution is -2.48. The smallest absolute Gasteiger partial charge is 0.427 e. The van der Waals surface area contributed by atoms with Crippen LogP contribution < -0.4 is 0 Å². The highest BCUT2D eigenvalue weighted by Crippen LogP contribution is 2.25. The number of aromatic amines is 1. The first-order valence-electron chi connectivity index (χ1n) is 6.20. The summed E-state index contributed by atoms with van der Waals surface area (Å²) in [5, 5.41) is 10.7. The van der Waals surface area contributed by atoms with Crippen molar-refractivity contribution in [3.63, 3.8) is 0 Å². The van der Waals surface area contributed by atoms with Crippen LogP contribution in [0.15, 0.2) is 42.6 Å². The van der Waals surface area contributed by atoms with Crippen molar-refractivity contribution < 1.29 is 19.5 Å². The molecule has 1 aliphatic heterocycles. The fraction of sp³-hybridized carbons (Fsp3) is 0.0714. The van der Waals surface area contributed by atoms with Crippen molar-refractivity contribution in [2.45, 2.75) is 6.54 Å². The topological polar surface area (TPSA) is 93.7 Å². The zero-order chi connectivity index (χ0) is 15.0. The molecule has 7 heteroatoms. The van der Waals surface area contributed by atoms with E-state index >= 15 is 0 Å². The predicted molar refractivity (Wildman–Crippen MR) is 71.3 cm³/mol. The largest absolute Gasteiger partial charge is 0.464 e. The molecule has 3 rings (SSSR count). The molecule has 21 heavy (non-hydrogen) atoms. The maximum absolute atomic E-state index is 12.3. The lowest BCUT2D eigenvalue weighted by atomic mass is 10.1. The van der Waals surface area contributed by atoms with Gasteiger partial charge in [0, 0.05) is 11.9 Å². The minimum Gasteiger partial charge on any atom is -0.464 e. The number of fused-ring (bicyclic) bond motifs is 1. The predicted octanol–water partition coefficient (Wildman–Crippen LogP) is 1.71. The number of aromatic nitrogens is 1. The molecule has 3 amide bonds. The van der Waals surface area contributed by atoms with E-state index in [1.54, 1.807) is 30.5 Å². The highest BCUT2D eigenvalue weighted by atomic mass is 16.4. The SMILES string of the molecule is O=C(O)N(Cc1ccc[nH]1)N1C(=O)c2ccccc2C1=O. The van der Waals surface area contributed by atoms with Gasteiger partial charge in [0.1, 0.15) is 0 Å². The summed E-state index contributed by atoms with van der Waals surface area (Å²) in [7, 11) is 0. The highest BCUT2D eigenvalue weighted by Gasteiger charge is 2.41. The second kappa shape index (κ2) is 4.78. The van der Waals surface area contributed by atoms with E-state index in [2.05, 4.69) is 4.98 Å². The Morgan fingerprint density at radius 1 is 1.10 bits per heavy atom. The average Bonchev–Trinajstić information content (AvgIpc) is 3.06. The summed E-state index contributed by atoms with van der Waals surface area (Å²) in [4.78, 5) is 38.8. The van der Waals surface area contributed by atoms with Crippen molar-refractivity contribution in [3.05, 3.63) is 59.4 Å². The van der Waals surface area contributed by atoms with E-state index in [4.69, 9.17) is 0 Å². The third kappa shape index (κ3) is 2.04. The Kier molecular flexibility index (Phi) is 2.94. The molecular weight excluding hydrogens is 274 g/mol. The molecule has 2 heterocycles. The minimum atomic E-state index is -1.38. The number of benzene rings is 1. The fourth-order valence-corrected chi connectivity index (χ4v) is 2.25. The number of nitrogens with one attached hydrogen (secondary N) is 1. The molecule has 0 atom stereocenters. The van der Waals surface area contributed by atoms with Gasteiger partial charge in [-0.3, -0.25) is 9.59 Å². The Bertz CT molecular complexity index is 689. The van der Waals surface area contributed by atoms with E-state index in [0.29, 0.717) is 15.7 Å². The Balaban J connectivity index is 1.96. The zero-order valence-corrected chi connectivity index (χ0v) is 10.8. The monoisotopic (exact) mass is 285 g/mol. The molecule has 0 bridgehead atoms. The van der Waals surface area contributed by atoms with E-state index < -0.39 is 17.9 Å². The van der Waals surface area contributed by atoms with Crippen molar-refractivity contribution in [2.24, 2.45) is 0 Å². The molecule has 0 unspecified atom stereocenters. The molecule has 1 aromatic heterocycles. The third-order valence-electron chi connectivity index (χ3n) is 3.22. The standard InChI is InChI=1S/C14H11N3O4/c18-12-10-5-1-2-6-11(10)13(19)17(12)16(14(20)21)8-9-4-3-7-15-9/h1-7,15H,8H2,(H,20,21). The van der Waals surface area contributed by atoms with E-state index in [9.17, 15) is 19.5 Å². The van der Waals surface area contributed by atoms with Crippen LogP contribution in [0.5, 0.6) is 0 Å². The van der Waals surface area contributed by atoms with Crippen LogP contribution >= 0.6 is 0 Å². The first kappa shape index (κ1) is 12.9. The summed E-state index contributed by atoms with van der Waals surface area (Å²) in [5.74, 6) is -1.27. The van der Waals surface area contributed by atoms with E-state index in [1.165, 1.54) is 12.1 Å². The van der Waals surface area contributed by atoms with Gasteiger partial charge in [0.15, 0.2) is 0 Å². The number of hydrazine groups is 1. The van der Waals surface area contributed by atoms with Crippen LogP contribution in [0.3, 0.4) is 0 Å². The Morgan fingerprint density at radius 2 is 1.71 bits per heavy atom. The molecule has 0 saturated carbocycles. The molecule has 0 fully saturated rings. The number of rotatable bonds is 3. The van der Waals surface area contributed by atoms with Gasteiger partial charge in [-0.1, -0.05) is 12.1 Å². The molecule has 1 aromatic carbocycles. The summed E-state index contributed by atoms with van der Waals surface area (Å²) in [6.07, 6.45) is 0.261. The van der Waals surface area contributed by atoms with Gasteiger partial charge in [0.05, 0.1) is 17.7 Å². The number of carbonyl (C=O) groups excluding carboxylic acids is 2. The van der Waals surface area contributed by atoms with Gasteiger partial charge in [-0.25, -0.2) is 9.80 Å². The molecule has 0 spiro atoms. The lowest BCUT2D eigenvalue weighted by molar-refractivity contribution is 0.00288.